The molecule has 0 amide bonds. The van der Waals surface area contributed by atoms with Gasteiger partial charge in [-0.25, -0.2) is 13.4 Å². The lowest BCUT2D eigenvalue weighted by atomic mass is 10.1. The average molecular weight is 394 g/mol. The molecule has 0 radical (unpaired) electrons. The van der Waals surface area contributed by atoms with E-state index < -0.39 is 10.0 Å². The van der Waals surface area contributed by atoms with Crippen molar-refractivity contribution < 1.29 is 13.2 Å². The number of aromatic nitrogens is 4. The number of hydrogen-bond donors (Lipinski definition) is 0. The Morgan fingerprint density at radius 3 is 2.41 bits per heavy atom. The molecule has 0 N–H and O–H groups in total. The molecule has 0 aliphatic carbocycles. The Morgan fingerprint density at radius 2 is 1.85 bits per heavy atom. The van der Waals surface area contributed by atoms with Gasteiger partial charge in [0, 0.05) is 31.4 Å². The largest absolute Gasteiger partial charge is 0.474 e. The lowest BCUT2D eigenvalue weighted by Gasteiger charge is -2.31. The minimum absolute atomic E-state index is 0.0497. The Balaban J connectivity index is 1.72. The van der Waals surface area contributed by atoms with Crippen molar-refractivity contribution in [3.05, 3.63) is 29.5 Å². The van der Waals surface area contributed by atoms with Crippen molar-refractivity contribution in [3.8, 4) is 5.88 Å². The minimum Gasteiger partial charge on any atom is -0.474 e. The molecule has 1 saturated heterocycles. The Labute approximate surface area is 160 Å². The summed E-state index contributed by atoms with van der Waals surface area (Å²) in [4.78, 5) is 8.64. The van der Waals surface area contributed by atoms with Gasteiger partial charge >= 0.3 is 0 Å². The first-order valence-electron chi connectivity index (χ1n) is 9.22. The SMILES string of the molecule is Cc1nccc(OC2CCN(S(=O)(=O)c3c(C)nn(C(C)C)c3C)CC2)n1. The first kappa shape index (κ1) is 19.8. The van der Waals surface area contributed by atoms with Gasteiger partial charge in [0.2, 0.25) is 15.9 Å². The lowest BCUT2D eigenvalue weighted by molar-refractivity contribution is 0.129. The summed E-state index contributed by atoms with van der Waals surface area (Å²) in [6.07, 6.45) is 2.86. The van der Waals surface area contributed by atoms with E-state index >= 15 is 0 Å². The van der Waals surface area contributed by atoms with Gasteiger partial charge in [-0.1, -0.05) is 0 Å². The fourth-order valence-electron chi connectivity index (χ4n) is 3.51. The van der Waals surface area contributed by atoms with E-state index in [1.807, 2.05) is 27.7 Å². The molecule has 0 bridgehead atoms. The maximum atomic E-state index is 13.2. The Kier molecular flexibility index (Phi) is 5.53. The molecule has 3 rings (SSSR count). The summed E-state index contributed by atoms with van der Waals surface area (Å²) >= 11 is 0. The molecule has 0 unspecified atom stereocenters. The molecule has 0 atom stereocenters. The minimum atomic E-state index is -3.57. The van der Waals surface area contributed by atoms with Gasteiger partial charge in [-0.3, -0.25) is 4.68 Å². The fraction of sp³-hybridized carbons (Fsp3) is 0.611. The molecular weight excluding hydrogens is 366 g/mol. The van der Waals surface area contributed by atoms with Crippen LogP contribution in [0, 0.1) is 20.8 Å². The molecule has 1 fully saturated rings. The van der Waals surface area contributed by atoms with E-state index in [1.165, 1.54) is 0 Å². The summed E-state index contributed by atoms with van der Waals surface area (Å²) in [7, 11) is -3.57. The summed E-state index contributed by atoms with van der Waals surface area (Å²) in [5.41, 5.74) is 1.24. The highest BCUT2D eigenvalue weighted by Crippen LogP contribution is 2.28. The molecule has 27 heavy (non-hydrogen) atoms. The van der Waals surface area contributed by atoms with Crippen LogP contribution in [0.3, 0.4) is 0 Å². The van der Waals surface area contributed by atoms with Gasteiger partial charge in [0.1, 0.15) is 16.8 Å². The zero-order valence-corrected chi connectivity index (χ0v) is 17.3. The highest BCUT2D eigenvalue weighted by molar-refractivity contribution is 7.89. The molecule has 8 nitrogen and oxygen atoms in total. The first-order chi connectivity index (χ1) is 12.7. The average Bonchev–Trinajstić information content (AvgIpc) is 2.91. The van der Waals surface area contributed by atoms with E-state index in [4.69, 9.17) is 4.74 Å². The third kappa shape index (κ3) is 3.98. The molecule has 0 spiro atoms. The summed E-state index contributed by atoms with van der Waals surface area (Å²) in [5, 5.41) is 4.42. The Hall–Kier alpha value is -2.00. The predicted octanol–water partition coefficient (Wildman–Crippen LogP) is 2.41. The van der Waals surface area contributed by atoms with Crippen LogP contribution in [0.15, 0.2) is 17.2 Å². The summed E-state index contributed by atoms with van der Waals surface area (Å²) in [6, 6.07) is 1.84. The second kappa shape index (κ2) is 7.55. The fourth-order valence-corrected chi connectivity index (χ4v) is 5.34. The second-order valence-corrected chi connectivity index (χ2v) is 9.08. The van der Waals surface area contributed by atoms with E-state index in [-0.39, 0.29) is 12.1 Å². The van der Waals surface area contributed by atoms with Crippen molar-refractivity contribution in [1.29, 1.82) is 0 Å². The summed E-state index contributed by atoms with van der Waals surface area (Å²) in [5.74, 6) is 1.19. The van der Waals surface area contributed by atoms with Crippen LogP contribution in [0.1, 0.15) is 49.9 Å². The van der Waals surface area contributed by atoms with Gasteiger partial charge in [0.25, 0.3) is 0 Å². The quantitative estimate of drug-likeness (QED) is 0.775. The number of ether oxygens (including phenoxy) is 1. The second-order valence-electron chi connectivity index (χ2n) is 7.20. The number of hydrogen-bond acceptors (Lipinski definition) is 6. The smallest absolute Gasteiger partial charge is 0.246 e. The lowest BCUT2D eigenvalue weighted by Crippen LogP contribution is -2.42. The van der Waals surface area contributed by atoms with Crippen LogP contribution in [0.2, 0.25) is 0 Å². The van der Waals surface area contributed by atoms with Crippen molar-refractivity contribution in [2.75, 3.05) is 13.1 Å². The predicted molar refractivity (Wildman–Crippen MR) is 101 cm³/mol. The zero-order valence-electron chi connectivity index (χ0n) is 16.5. The van der Waals surface area contributed by atoms with Crippen LogP contribution in [-0.4, -0.2) is 51.7 Å². The van der Waals surface area contributed by atoms with E-state index in [0.29, 0.717) is 53.9 Å². The Morgan fingerprint density at radius 1 is 1.19 bits per heavy atom. The Bertz CT molecular complexity index is 915. The van der Waals surface area contributed by atoms with Gasteiger partial charge in [0.15, 0.2) is 0 Å². The van der Waals surface area contributed by atoms with E-state index in [1.54, 1.807) is 28.2 Å². The molecular formula is C18H27N5O3S. The van der Waals surface area contributed by atoms with E-state index in [9.17, 15) is 8.42 Å². The van der Waals surface area contributed by atoms with Crippen molar-refractivity contribution in [3.63, 3.8) is 0 Å². The van der Waals surface area contributed by atoms with Gasteiger partial charge in [-0.2, -0.15) is 14.4 Å². The molecule has 9 heteroatoms. The van der Waals surface area contributed by atoms with Crippen molar-refractivity contribution in [1.82, 2.24) is 24.1 Å². The van der Waals surface area contributed by atoms with Gasteiger partial charge in [-0.15, -0.1) is 0 Å². The summed E-state index contributed by atoms with van der Waals surface area (Å²) < 4.78 is 35.6. The van der Waals surface area contributed by atoms with E-state index in [0.717, 1.165) is 0 Å². The standard InChI is InChI=1S/C18H27N5O3S/c1-12(2)23-14(4)18(13(3)21-23)27(24,25)22-10-7-16(8-11-22)26-17-6-9-19-15(5)20-17/h6,9,12,16H,7-8,10-11H2,1-5H3. The maximum absolute atomic E-state index is 13.2. The maximum Gasteiger partial charge on any atom is 0.246 e. The molecule has 3 heterocycles. The van der Waals surface area contributed by atoms with Crippen molar-refractivity contribution >= 4 is 10.0 Å². The highest BCUT2D eigenvalue weighted by Gasteiger charge is 2.34. The van der Waals surface area contributed by atoms with Gasteiger partial charge in [0.05, 0.1) is 11.4 Å². The number of aryl methyl sites for hydroxylation is 2. The highest BCUT2D eigenvalue weighted by atomic mass is 32.2. The van der Waals surface area contributed by atoms with Crippen LogP contribution in [0.25, 0.3) is 0 Å². The molecule has 2 aromatic rings. The number of sulfonamides is 1. The molecule has 0 saturated carbocycles. The number of piperidine rings is 1. The third-order valence-electron chi connectivity index (χ3n) is 4.78. The number of nitrogens with zero attached hydrogens (tertiary/aromatic N) is 5. The molecule has 1 aliphatic rings. The van der Waals surface area contributed by atoms with Crippen LogP contribution in [0.4, 0.5) is 0 Å². The molecule has 1 aliphatic heterocycles. The summed E-state index contributed by atoms with van der Waals surface area (Å²) in [6.45, 7) is 10.2. The third-order valence-corrected chi connectivity index (χ3v) is 6.94. The van der Waals surface area contributed by atoms with E-state index in [2.05, 4.69) is 15.1 Å². The first-order valence-corrected chi connectivity index (χ1v) is 10.7. The molecule has 148 valence electrons. The van der Waals surface area contributed by atoms with Crippen molar-refractivity contribution in [2.45, 2.75) is 64.5 Å². The topological polar surface area (TPSA) is 90.2 Å². The zero-order chi connectivity index (χ0) is 19.8. The van der Waals surface area contributed by atoms with Crippen LogP contribution < -0.4 is 4.74 Å². The number of rotatable bonds is 5. The normalized spacial score (nSPS) is 16.8. The van der Waals surface area contributed by atoms with Crippen LogP contribution >= 0.6 is 0 Å². The van der Waals surface area contributed by atoms with Crippen LogP contribution in [0.5, 0.6) is 5.88 Å². The van der Waals surface area contributed by atoms with Crippen LogP contribution in [-0.2, 0) is 10.0 Å². The van der Waals surface area contributed by atoms with Gasteiger partial charge in [-0.05, 0) is 47.5 Å². The van der Waals surface area contributed by atoms with Crippen molar-refractivity contribution in [2.24, 2.45) is 0 Å². The molecule has 0 aromatic carbocycles. The monoisotopic (exact) mass is 393 g/mol. The molecule has 2 aromatic heterocycles. The van der Waals surface area contributed by atoms with Gasteiger partial charge < -0.3 is 4.74 Å².